The van der Waals surface area contributed by atoms with Crippen LogP contribution in [0.15, 0.2) is 73.5 Å². The zero-order chi connectivity index (χ0) is 28.3. The zero-order valence-corrected chi connectivity index (χ0v) is 23.0. The van der Waals surface area contributed by atoms with Gasteiger partial charge in [-0.3, -0.25) is 28.0 Å². The number of aromatic nitrogens is 3. The zero-order valence-electron chi connectivity index (χ0n) is 21.3. The first-order valence-corrected chi connectivity index (χ1v) is 15.3. The van der Waals surface area contributed by atoms with Gasteiger partial charge in [0.1, 0.15) is 15.9 Å². The van der Waals surface area contributed by atoms with Crippen LogP contribution in [0.25, 0.3) is 11.0 Å². The van der Waals surface area contributed by atoms with E-state index >= 15 is 0 Å². The summed E-state index contributed by atoms with van der Waals surface area (Å²) in [5.41, 5.74) is -1.29. The van der Waals surface area contributed by atoms with Gasteiger partial charge in [0, 0.05) is 24.9 Å². The van der Waals surface area contributed by atoms with E-state index < -0.39 is 54.8 Å². The molecular formula is C25H26N4O8S2. The molecule has 2 aromatic heterocycles. The van der Waals surface area contributed by atoms with Crippen LogP contribution in [0.2, 0.25) is 0 Å². The average Bonchev–Trinajstić information content (AvgIpc) is 3.66. The Kier molecular flexibility index (Phi) is 6.42. The first-order valence-electron chi connectivity index (χ1n) is 12.0. The third-order valence-corrected chi connectivity index (χ3v) is 8.40. The average molecular weight is 575 g/mol. The largest absolute Gasteiger partial charge is 0.378 e. The van der Waals surface area contributed by atoms with Crippen LogP contribution in [0.3, 0.4) is 0 Å². The van der Waals surface area contributed by atoms with Crippen molar-refractivity contribution in [1.29, 1.82) is 0 Å². The van der Waals surface area contributed by atoms with Crippen LogP contribution in [0.1, 0.15) is 36.9 Å². The molecule has 1 aromatic carbocycles. The maximum absolute atomic E-state index is 13.7. The second-order valence-corrected chi connectivity index (χ2v) is 13.0. The molecule has 12 nitrogen and oxygen atoms in total. The van der Waals surface area contributed by atoms with E-state index in [2.05, 4.69) is 4.72 Å². The van der Waals surface area contributed by atoms with E-state index in [1.165, 1.54) is 29.8 Å². The highest BCUT2D eigenvalue weighted by Gasteiger charge is 2.33. The quantitative estimate of drug-likeness (QED) is 0.413. The third kappa shape index (κ3) is 5.08. The van der Waals surface area contributed by atoms with Crippen LogP contribution in [0, 0.1) is 6.92 Å². The first kappa shape index (κ1) is 26.7. The number of sulfonamides is 1. The van der Waals surface area contributed by atoms with Crippen molar-refractivity contribution in [3.8, 4) is 5.75 Å². The standard InChI is InChI=1S/C25H26N4O8S2/c1-15-7-11-19(12-8-15)39(35,36)37-20-14-21(30)27(2)23-22(20)24(31)29(17-9-10-17)25(32)28(23)18-6-4-5-16(13-18)26-38(3,33)34/h4-5,7-8,11-14,17-18,26H,6,9-10H2,1-3H3. The fourth-order valence-electron chi connectivity index (χ4n) is 4.58. The predicted octanol–water partition coefficient (Wildman–Crippen LogP) is 1.21. The molecule has 1 N–H and O–H groups in total. The van der Waals surface area contributed by atoms with E-state index in [9.17, 15) is 31.2 Å². The summed E-state index contributed by atoms with van der Waals surface area (Å²) in [4.78, 5) is 40.3. The van der Waals surface area contributed by atoms with E-state index in [0.717, 1.165) is 27.0 Å². The van der Waals surface area contributed by atoms with Crippen molar-refractivity contribution < 1.29 is 21.0 Å². The van der Waals surface area contributed by atoms with Gasteiger partial charge in [-0.1, -0.05) is 23.8 Å². The molecule has 0 aliphatic heterocycles. The van der Waals surface area contributed by atoms with Crippen molar-refractivity contribution in [1.82, 2.24) is 18.4 Å². The molecule has 0 radical (unpaired) electrons. The number of pyridine rings is 1. The lowest BCUT2D eigenvalue weighted by atomic mass is 10.1. The molecule has 206 valence electrons. The molecule has 0 spiro atoms. The molecule has 5 rings (SSSR count). The number of nitrogens with zero attached hydrogens (tertiary/aromatic N) is 3. The van der Waals surface area contributed by atoms with Crippen LogP contribution < -0.4 is 25.7 Å². The van der Waals surface area contributed by atoms with Gasteiger partial charge < -0.3 is 4.18 Å². The lowest BCUT2D eigenvalue weighted by Crippen LogP contribution is -2.43. The topological polar surface area (TPSA) is 156 Å². The number of allylic oxidation sites excluding steroid dienone is 3. The molecule has 14 heteroatoms. The highest BCUT2D eigenvalue weighted by molar-refractivity contribution is 7.88. The highest BCUT2D eigenvalue weighted by atomic mass is 32.2. The molecule has 1 atom stereocenters. The molecule has 1 saturated carbocycles. The van der Waals surface area contributed by atoms with Gasteiger partial charge in [0.05, 0.1) is 12.3 Å². The van der Waals surface area contributed by atoms with Gasteiger partial charge in [0.15, 0.2) is 5.75 Å². The normalized spacial score (nSPS) is 17.7. The van der Waals surface area contributed by atoms with E-state index in [4.69, 9.17) is 4.18 Å². The molecule has 39 heavy (non-hydrogen) atoms. The van der Waals surface area contributed by atoms with Crippen molar-refractivity contribution in [2.24, 2.45) is 7.05 Å². The Bertz CT molecular complexity index is 1960. The van der Waals surface area contributed by atoms with Gasteiger partial charge in [0.2, 0.25) is 10.0 Å². The number of aryl methyl sites for hydroxylation is 2. The summed E-state index contributed by atoms with van der Waals surface area (Å²) in [6.45, 7) is 1.79. The lowest BCUT2D eigenvalue weighted by molar-refractivity contribution is 0.484. The van der Waals surface area contributed by atoms with Crippen LogP contribution >= 0.6 is 0 Å². The van der Waals surface area contributed by atoms with Gasteiger partial charge >= 0.3 is 15.8 Å². The van der Waals surface area contributed by atoms with Gasteiger partial charge in [0.25, 0.3) is 11.1 Å². The summed E-state index contributed by atoms with van der Waals surface area (Å²) >= 11 is 0. The lowest BCUT2D eigenvalue weighted by Gasteiger charge is -2.24. The molecule has 3 aromatic rings. The van der Waals surface area contributed by atoms with Crippen molar-refractivity contribution in [2.75, 3.05) is 6.26 Å². The van der Waals surface area contributed by atoms with Crippen molar-refractivity contribution in [3.63, 3.8) is 0 Å². The summed E-state index contributed by atoms with van der Waals surface area (Å²) in [7, 11) is -6.71. The van der Waals surface area contributed by atoms with Crippen LogP contribution in [-0.4, -0.2) is 36.8 Å². The first-order chi connectivity index (χ1) is 18.3. The van der Waals surface area contributed by atoms with Gasteiger partial charge in [-0.15, -0.1) is 0 Å². The number of nitrogens with one attached hydrogen (secondary N) is 1. The Morgan fingerprint density at radius 3 is 2.28 bits per heavy atom. The summed E-state index contributed by atoms with van der Waals surface area (Å²) in [6, 6.07) is 5.59. The molecule has 0 amide bonds. The maximum atomic E-state index is 13.7. The van der Waals surface area contributed by atoms with Gasteiger partial charge in [-0.05, 0) is 50.5 Å². The molecule has 2 aliphatic rings. The Hall–Kier alpha value is -3.91. The van der Waals surface area contributed by atoms with Gasteiger partial charge in [-0.25, -0.2) is 13.2 Å². The Morgan fingerprint density at radius 2 is 1.67 bits per heavy atom. The SMILES string of the molecule is Cc1ccc(S(=O)(=O)Oc2cc(=O)n(C)c3c2c(=O)n(C2CC2)c(=O)n3C2C=C(NS(C)(=O)=O)C=CC2)cc1. The Labute approximate surface area is 223 Å². The summed E-state index contributed by atoms with van der Waals surface area (Å²) in [6.07, 6.45) is 7.09. The van der Waals surface area contributed by atoms with Gasteiger partial charge in [-0.2, -0.15) is 8.42 Å². The number of rotatable bonds is 7. The van der Waals surface area contributed by atoms with E-state index in [1.54, 1.807) is 31.2 Å². The maximum Gasteiger partial charge on any atom is 0.339 e. The second-order valence-electron chi connectivity index (χ2n) is 9.72. The molecule has 0 saturated heterocycles. The second kappa shape index (κ2) is 9.38. The predicted molar refractivity (Wildman–Crippen MR) is 144 cm³/mol. The van der Waals surface area contributed by atoms with Crippen LogP contribution in [0.5, 0.6) is 5.75 Å². The van der Waals surface area contributed by atoms with E-state index in [-0.39, 0.29) is 28.0 Å². The summed E-state index contributed by atoms with van der Waals surface area (Å²) in [5, 5.41) is -0.250. The van der Waals surface area contributed by atoms with Crippen molar-refractivity contribution in [3.05, 3.63) is 91.0 Å². The monoisotopic (exact) mass is 574 g/mol. The molecule has 1 unspecified atom stereocenters. The van der Waals surface area contributed by atoms with Crippen molar-refractivity contribution in [2.45, 2.75) is 43.2 Å². The summed E-state index contributed by atoms with van der Waals surface area (Å²) in [5.74, 6) is -0.494. The Morgan fingerprint density at radius 1 is 1.00 bits per heavy atom. The van der Waals surface area contributed by atoms with E-state index in [0.29, 0.717) is 12.8 Å². The molecule has 2 heterocycles. The minimum atomic E-state index is -4.45. The molecule has 0 bridgehead atoms. The number of benzene rings is 1. The minimum absolute atomic E-state index is 0.140. The highest BCUT2D eigenvalue weighted by Crippen LogP contribution is 2.34. The number of hydrogen-bond acceptors (Lipinski definition) is 8. The fraction of sp³-hybridized carbons (Fsp3) is 0.320. The minimum Gasteiger partial charge on any atom is -0.378 e. The van der Waals surface area contributed by atoms with Crippen LogP contribution in [-0.2, 0) is 27.2 Å². The van der Waals surface area contributed by atoms with E-state index in [1.807, 2.05) is 0 Å². The Balaban J connectivity index is 1.79. The third-order valence-electron chi connectivity index (χ3n) is 6.55. The van der Waals surface area contributed by atoms with Crippen LogP contribution in [0.4, 0.5) is 0 Å². The molecule has 1 fully saturated rings. The smallest absolute Gasteiger partial charge is 0.339 e. The number of fused-ring (bicyclic) bond motifs is 1. The molecule has 2 aliphatic carbocycles. The number of hydrogen-bond donors (Lipinski definition) is 1. The fourth-order valence-corrected chi connectivity index (χ4v) is 6.08. The summed E-state index contributed by atoms with van der Waals surface area (Å²) < 4.78 is 61.0. The van der Waals surface area contributed by atoms with Crippen molar-refractivity contribution >= 4 is 31.2 Å². The molecular weight excluding hydrogens is 548 g/mol.